The van der Waals surface area contributed by atoms with Crippen LogP contribution in [0.25, 0.3) is 0 Å². The first kappa shape index (κ1) is 8.88. The molecule has 0 unspecified atom stereocenters. The Labute approximate surface area is 79.1 Å². The highest BCUT2D eigenvalue weighted by atomic mass is 79.9. The normalized spacial score (nSPS) is 8.75. The highest BCUT2D eigenvalue weighted by Crippen LogP contribution is 2.27. The molecule has 0 aliphatic rings. The Hall–Kier alpha value is -1.21. The summed E-state index contributed by atoms with van der Waals surface area (Å²) in [5.74, 6) is 0.749. The summed E-state index contributed by atoms with van der Waals surface area (Å²) < 4.78 is 5.84. The van der Waals surface area contributed by atoms with Gasteiger partial charge >= 0.3 is 0 Å². The van der Waals surface area contributed by atoms with Crippen LogP contribution >= 0.6 is 15.9 Å². The van der Waals surface area contributed by atoms with Crippen LogP contribution in [-0.4, -0.2) is 7.11 Å². The minimum atomic E-state index is 0.741. The van der Waals surface area contributed by atoms with Crippen LogP contribution in [0.15, 0.2) is 22.7 Å². The van der Waals surface area contributed by atoms with Crippen molar-refractivity contribution in [3.8, 4) is 11.9 Å². The first-order valence-electron chi connectivity index (χ1n) is 3.26. The zero-order valence-electron chi connectivity index (χ0n) is 6.47. The van der Waals surface area contributed by atoms with E-state index >= 15 is 0 Å². The summed E-state index contributed by atoms with van der Waals surface area (Å²) in [6, 6.07) is 5.33. The molecule has 0 aliphatic heterocycles. The van der Waals surface area contributed by atoms with Gasteiger partial charge in [0.25, 0.3) is 0 Å². The predicted octanol–water partition coefficient (Wildman–Crippen LogP) is 2.35. The molecule has 62 valence electrons. The number of ether oxygens (including phenoxy) is 1. The van der Waals surface area contributed by atoms with Gasteiger partial charge in [0.15, 0.2) is 6.19 Å². The van der Waals surface area contributed by atoms with Crippen molar-refractivity contribution in [1.29, 1.82) is 5.26 Å². The molecule has 0 amide bonds. The molecule has 0 saturated carbocycles. The predicted molar refractivity (Wildman–Crippen MR) is 49.9 cm³/mol. The van der Waals surface area contributed by atoms with E-state index in [2.05, 4.69) is 21.2 Å². The number of anilines is 1. The molecule has 0 spiro atoms. The van der Waals surface area contributed by atoms with E-state index in [1.54, 1.807) is 25.3 Å². The van der Waals surface area contributed by atoms with E-state index in [-0.39, 0.29) is 0 Å². The van der Waals surface area contributed by atoms with E-state index in [0.29, 0.717) is 0 Å². The van der Waals surface area contributed by atoms with Crippen LogP contribution in [0.3, 0.4) is 0 Å². The van der Waals surface area contributed by atoms with Gasteiger partial charge in [0.05, 0.1) is 11.6 Å². The largest absolute Gasteiger partial charge is 0.496 e. The average Bonchev–Trinajstić information content (AvgIpc) is 2.05. The SMILES string of the molecule is COc1ccc(NC#N)cc1Br. The summed E-state index contributed by atoms with van der Waals surface area (Å²) in [6.07, 6.45) is 1.84. The van der Waals surface area contributed by atoms with Gasteiger partial charge in [-0.15, -0.1) is 0 Å². The Morgan fingerprint density at radius 1 is 1.58 bits per heavy atom. The molecule has 12 heavy (non-hydrogen) atoms. The van der Waals surface area contributed by atoms with Crippen LogP contribution in [0.5, 0.6) is 5.75 Å². The fourth-order valence-corrected chi connectivity index (χ4v) is 1.35. The standard InChI is InChI=1S/C8H7BrN2O/c1-12-8-3-2-6(11-5-10)4-7(8)9/h2-4,11H,1H3. The maximum atomic E-state index is 8.33. The number of halogens is 1. The Kier molecular flexibility index (Phi) is 2.94. The van der Waals surface area contributed by atoms with Gasteiger partial charge in [-0.05, 0) is 34.1 Å². The number of rotatable bonds is 2. The Bertz CT molecular complexity index is 319. The Morgan fingerprint density at radius 3 is 2.83 bits per heavy atom. The molecule has 0 heterocycles. The van der Waals surface area contributed by atoms with Crippen molar-refractivity contribution in [2.75, 3.05) is 12.4 Å². The summed E-state index contributed by atoms with van der Waals surface area (Å²) in [7, 11) is 1.59. The second kappa shape index (κ2) is 3.98. The lowest BCUT2D eigenvalue weighted by atomic mass is 10.3. The number of methoxy groups -OCH3 is 1. The number of hydrogen-bond acceptors (Lipinski definition) is 3. The number of nitriles is 1. The van der Waals surface area contributed by atoms with Gasteiger partial charge in [-0.3, -0.25) is 5.32 Å². The highest BCUT2D eigenvalue weighted by Gasteiger charge is 1.99. The lowest BCUT2D eigenvalue weighted by Crippen LogP contribution is -1.89. The number of benzene rings is 1. The molecular weight excluding hydrogens is 220 g/mol. The first-order chi connectivity index (χ1) is 5.77. The lowest BCUT2D eigenvalue weighted by molar-refractivity contribution is 0.412. The molecule has 0 radical (unpaired) electrons. The van der Waals surface area contributed by atoms with Gasteiger partial charge in [0.1, 0.15) is 5.75 Å². The number of hydrogen-bond donors (Lipinski definition) is 1. The summed E-state index contributed by atoms with van der Waals surface area (Å²) in [6.45, 7) is 0. The van der Waals surface area contributed by atoms with Gasteiger partial charge in [-0.1, -0.05) is 0 Å². The second-order valence-electron chi connectivity index (χ2n) is 2.09. The van der Waals surface area contributed by atoms with Gasteiger partial charge in [0.2, 0.25) is 0 Å². The van der Waals surface area contributed by atoms with E-state index < -0.39 is 0 Å². The van der Waals surface area contributed by atoms with E-state index in [0.717, 1.165) is 15.9 Å². The third-order valence-corrected chi connectivity index (χ3v) is 1.97. The molecule has 0 saturated heterocycles. The molecule has 0 aromatic heterocycles. The molecule has 1 rings (SSSR count). The highest BCUT2D eigenvalue weighted by molar-refractivity contribution is 9.10. The number of nitrogens with one attached hydrogen (secondary N) is 1. The summed E-state index contributed by atoms with van der Waals surface area (Å²) in [5, 5.41) is 10.8. The van der Waals surface area contributed by atoms with Crippen molar-refractivity contribution in [2.24, 2.45) is 0 Å². The Morgan fingerprint density at radius 2 is 2.33 bits per heavy atom. The van der Waals surface area contributed by atoms with Crippen molar-refractivity contribution in [1.82, 2.24) is 0 Å². The summed E-state index contributed by atoms with van der Waals surface area (Å²) in [5.41, 5.74) is 0.741. The molecule has 4 heteroatoms. The van der Waals surface area contributed by atoms with Gasteiger partial charge in [0, 0.05) is 5.69 Å². The monoisotopic (exact) mass is 226 g/mol. The van der Waals surface area contributed by atoms with Gasteiger partial charge < -0.3 is 4.74 Å². The quantitative estimate of drug-likeness (QED) is 0.623. The fourth-order valence-electron chi connectivity index (χ4n) is 0.809. The molecule has 1 aromatic carbocycles. The van der Waals surface area contributed by atoms with E-state index in [4.69, 9.17) is 10.00 Å². The summed E-state index contributed by atoms with van der Waals surface area (Å²) in [4.78, 5) is 0. The van der Waals surface area contributed by atoms with Crippen LogP contribution in [0.4, 0.5) is 5.69 Å². The molecule has 3 nitrogen and oxygen atoms in total. The third-order valence-electron chi connectivity index (χ3n) is 1.35. The maximum Gasteiger partial charge on any atom is 0.181 e. The number of nitrogens with zero attached hydrogens (tertiary/aromatic N) is 1. The lowest BCUT2D eigenvalue weighted by Gasteiger charge is -2.03. The van der Waals surface area contributed by atoms with Crippen LogP contribution in [-0.2, 0) is 0 Å². The van der Waals surface area contributed by atoms with Crippen LogP contribution in [0.2, 0.25) is 0 Å². The average molecular weight is 227 g/mol. The van der Waals surface area contributed by atoms with Crippen LogP contribution < -0.4 is 10.1 Å². The topological polar surface area (TPSA) is 45.0 Å². The smallest absolute Gasteiger partial charge is 0.181 e. The molecular formula is C8H7BrN2O. The fraction of sp³-hybridized carbons (Fsp3) is 0.125. The maximum absolute atomic E-state index is 8.33. The van der Waals surface area contributed by atoms with Gasteiger partial charge in [-0.2, -0.15) is 5.26 Å². The van der Waals surface area contributed by atoms with Crippen molar-refractivity contribution in [2.45, 2.75) is 0 Å². The van der Waals surface area contributed by atoms with Crippen molar-refractivity contribution in [3.05, 3.63) is 22.7 Å². The first-order valence-corrected chi connectivity index (χ1v) is 4.06. The summed E-state index contributed by atoms with van der Waals surface area (Å²) >= 11 is 3.30. The van der Waals surface area contributed by atoms with Crippen molar-refractivity contribution in [3.63, 3.8) is 0 Å². The third kappa shape index (κ3) is 1.89. The van der Waals surface area contributed by atoms with Crippen molar-refractivity contribution >= 4 is 21.6 Å². The molecule has 0 atom stereocenters. The van der Waals surface area contributed by atoms with E-state index in [1.807, 2.05) is 6.19 Å². The zero-order valence-corrected chi connectivity index (χ0v) is 8.05. The molecule has 1 aromatic rings. The van der Waals surface area contributed by atoms with E-state index in [9.17, 15) is 0 Å². The minimum absolute atomic E-state index is 0.741. The molecule has 0 aliphatic carbocycles. The van der Waals surface area contributed by atoms with E-state index in [1.165, 1.54) is 0 Å². The Balaban J connectivity index is 2.95. The zero-order chi connectivity index (χ0) is 8.97. The van der Waals surface area contributed by atoms with Crippen LogP contribution in [0.1, 0.15) is 0 Å². The van der Waals surface area contributed by atoms with Crippen LogP contribution in [0, 0.1) is 11.5 Å². The molecule has 0 fully saturated rings. The molecule has 1 N–H and O–H groups in total. The van der Waals surface area contributed by atoms with Gasteiger partial charge in [-0.25, -0.2) is 0 Å². The minimum Gasteiger partial charge on any atom is -0.496 e. The second-order valence-corrected chi connectivity index (χ2v) is 2.94. The molecule has 0 bridgehead atoms. The van der Waals surface area contributed by atoms with Crippen molar-refractivity contribution < 1.29 is 4.74 Å².